The van der Waals surface area contributed by atoms with Gasteiger partial charge in [0.2, 0.25) is 0 Å². The molecule has 5 heteroatoms. The zero-order valence-electron chi connectivity index (χ0n) is 9.71. The van der Waals surface area contributed by atoms with Crippen LogP contribution in [0.2, 0.25) is 0 Å². The molecule has 4 nitrogen and oxygen atoms in total. The molecule has 1 atom stereocenters. The fourth-order valence-electron chi connectivity index (χ4n) is 1.66. The zero-order chi connectivity index (χ0) is 11.6. The first kappa shape index (κ1) is 12.7. The molecule has 86 valence electrons. The number of hydrogen-bond donors (Lipinski definition) is 2. The molecule has 0 amide bonds. The Kier molecular flexibility index (Phi) is 3.92. The summed E-state index contributed by atoms with van der Waals surface area (Å²) in [6, 6.07) is 0.117. The van der Waals surface area contributed by atoms with E-state index in [0.717, 1.165) is 16.6 Å². The van der Waals surface area contributed by atoms with Crippen LogP contribution in [-0.4, -0.2) is 9.78 Å². The molecule has 0 aliphatic carbocycles. The van der Waals surface area contributed by atoms with Crippen LogP contribution >= 0.6 is 15.9 Å². The predicted octanol–water partition coefficient (Wildman–Crippen LogP) is 2.12. The second-order valence-electron chi connectivity index (χ2n) is 4.99. The minimum Gasteiger partial charge on any atom is -0.271 e. The van der Waals surface area contributed by atoms with Gasteiger partial charge in [0.25, 0.3) is 0 Å². The minimum atomic E-state index is 0.117. The van der Waals surface area contributed by atoms with Crippen molar-refractivity contribution in [2.24, 2.45) is 18.3 Å². The lowest BCUT2D eigenvalue weighted by Crippen LogP contribution is -2.32. The van der Waals surface area contributed by atoms with Crippen molar-refractivity contribution in [1.82, 2.24) is 15.2 Å². The Labute approximate surface area is 99.3 Å². The molecule has 0 saturated heterocycles. The summed E-state index contributed by atoms with van der Waals surface area (Å²) in [7, 11) is 1.92. The van der Waals surface area contributed by atoms with Crippen molar-refractivity contribution in [1.29, 1.82) is 0 Å². The Morgan fingerprint density at radius 3 is 2.53 bits per heavy atom. The van der Waals surface area contributed by atoms with E-state index in [0.29, 0.717) is 0 Å². The molecule has 1 aromatic heterocycles. The van der Waals surface area contributed by atoms with Gasteiger partial charge >= 0.3 is 0 Å². The van der Waals surface area contributed by atoms with E-state index in [1.807, 2.05) is 11.7 Å². The van der Waals surface area contributed by atoms with Gasteiger partial charge in [0.1, 0.15) is 0 Å². The maximum atomic E-state index is 5.60. The van der Waals surface area contributed by atoms with Crippen LogP contribution in [0.15, 0.2) is 10.7 Å². The van der Waals surface area contributed by atoms with Gasteiger partial charge in [0.15, 0.2) is 0 Å². The summed E-state index contributed by atoms with van der Waals surface area (Å²) >= 11 is 3.49. The van der Waals surface area contributed by atoms with Gasteiger partial charge in [-0.3, -0.25) is 16.0 Å². The van der Waals surface area contributed by atoms with E-state index in [2.05, 4.69) is 47.2 Å². The smallest absolute Gasteiger partial charge is 0.0706 e. The van der Waals surface area contributed by atoms with Gasteiger partial charge in [-0.25, -0.2) is 0 Å². The van der Waals surface area contributed by atoms with E-state index >= 15 is 0 Å². The normalized spacial score (nSPS) is 14.3. The van der Waals surface area contributed by atoms with Crippen LogP contribution in [0, 0.1) is 5.41 Å². The van der Waals surface area contributed by atoms with Gasteiger partial charge in [-0.05, 0) is 27.8 Å². The number of nitrogens with two attached hydrogens (primary N) is 1. The van der Waals surface area contributed by atoms with Crippen LogP contribution in [0.1, 0.15) is 38.9 Å². The molecule has 1 aromatic rings. The second-order valence-corrected chi connectivity index (χ2v) is 5.84. The van der Waals surface area contributed by atoms with Gasteiger partial charge in [-0.1, -0.05) is 20.8 Å². The van der Waals surface area contributed by atoms with Gasteiger partial charge in [-0.15, -0.1) is 0 Å². The Balaban J connectivity index is 2.93. The van der Waals surface area contributed by atoms with E-state index in [1.165, 1.54) is 0 Å². The summed E-state index contributed by atoms with van der Waals surface area (Å²) in [5.41, 5.74) is 4.16. The molecular weight excluding hydrogens is 256 g/mol. The molecule has 0 saturated carbocycles. The lowest BCUT2D eigenvalue weighted by molar-refractivity contribution is 0.304. The zero-order valence-corrected chi connectivity index (χ0v) is 11.3. The summed E-state index contributed by atoms with van der Waals surface area (Å²) in [6.45, 7) is 6.59. The number of rotatable bonds is 3. The highest BCUT2D eigenvalue weighted by molar-refractivity contribution is 9.10. The lowest BCUT2D eigenvalue weighted by Gasteiger charge is -2.25. The molecule has 1 heterocycles. The van der Waals surface area contributed by atoms with Gasteiger partial charge < -0.3 is 0 Å². The molecule has 0 bridgehead atoms. The molecule has 0 fully saturated rings. The third-order valence-electron chi connectivity index (χ3n) is 2.29. The van der Waals surface area contributed by atoms with Crippen LogP contribution in [0.25, 0.3) is 0 Å². The highest BCUT2D eigenvalue weighted by atomic mass is 79.9. The molecule has 0 radical (unpaired) electrons. The largest absolute Gasteiger partial charge is 0.271 e. The van der Waals surface area contributed by atoms with Crippen LogP contribution in [-0.2, 0) is 7.05 Å². The predicted molar refractivity (Wildman–Crippen MR) is 65.0 cm³/mol. The number of aromatic nitrogens is 2. The third kappa shape index (κ3) is 3.29. The van der Waals surface area contributed by atoms with Crippen molar-refractivity contribution >= 4 is 15.9 Å². The third-order valence-corrected chi connectivity index (χ3v) is 2.90. The number of nitrogens with zero attached hydrogens (tertiary/aromatic N) is 2. The molecular formula is C10H19BrN4. The van der Waals surface area contributed by atoms with Crippen molar-refractivity contribution in [2.45, 2.75) is 33.2 Å². The molecule has 0 aliphatic rings. The molecule has 1 rings (SSSR count). The number of nitrogens with one attached hydrogen (secondary N) is 1. The van der Waals surface area contributed by atoms with Crippen molar-refractivity contribution in [2.75, 3.05) is 0 Å². The lowest BCUT2D eigenvalue weighted by atomic mass is 9.87. The summed E-state index contributed by atoms with van der Waals surface area (Å²) < 4.78 is 2.84. The monoisotopic (exact) mass is 274 g/mol. The highest BCUT2D eigenvalue weighted by Gasteiger charge is 2.23. The first-order chi connectivity index (χ1) is 6.85. The van der Waals surface area contributed by atoms with E-state index in [9.17, 15) is 0 Å². The quantitative estimate of drug-likeness (QED) is 0.656. The molecule has 0 aliphatic heterocycles. The van der Waals surface area contributed by atoms with Gasteiger partial charge in [-0.2, -0.15) is 5.10 Å². The van der Waals surface area contributed by atoms with Crippen LogP contribution in [0.3, 0.4) is 0 Å². The maximum Gasteiger partial charge on any atom is 0.0706 e. The van der Waals surface area contributed by atoms with Crippen LogP contribution < -0.4 is 11.3 Å². The molecule has 1 unspecified atom stereocenters. The van der Waals surface area contributed by atoms with Gasteiger partial charge in [0.05, 0.1) is 22.4 Å². The summed E-state index contributed by atoms with van der Waals surface area (Å²) in [4.78, 5) is 0. The number of hydrazine groups is 1. The van der Waals surface area contributed by atoms with E-state index in [4.69, 9.17) is 5.84 Å². The Morgan fingerprint density at radius 2 is 2.20 bits per heavy atom. The summed E-state index contributed by atoms with van der Waals surface area (Å²) in [5.74, 6) is 5.60. The van der Waals surface area contributed by atoms with Crippen molar-refractivity contribution in [3.63, 3.8) is 0 Å². The minimum absolute atomic E-state index is 0.117. The standard InChI is InChI=1S/C10H19BrN4/c1-10(2,3)5-8(14-12)9-7(11)6-13-15(9)4/h6,8,14H,5,12H2,1-4H3. The second kappa shape index (κ2) is 4.63. The average molecular weight is 275 g/mol. The number of aryl methyl sites for hydroxylation is 1. The van der Waals surface area contributed by atoms with Crippen molar-refractivity contribution < 1.29 is 0 Å². The fraction of sp³-hybridized carbons (Fsp3) is 0.700. The maximum absolute atomic E-state index is 5.60. The van der Waals surface area contributed by atoms with Crippen LogP contribution in [0.4, 0.5) is 0 Å². The first-order valence-electron chi connectivity index (χ1n) is 4.98. The fourth-order valence-corrected chi connectivity index (χ4v) is 2.28. The Hall–Kier alpha value is -0.390. The highest BCUT2D eigenvalue weighted by Crippen LogP contribution is 2.31. The van der Waals surface area contributed by atoms with Crippen LogP contribution in [0.5, 0.6) is 0 Å². The van der Waals surface area contributed by atoms with E-state index in [-0.39, 0.29) is 11.5 Å². The first-order valence-corrected chi connectivity index (χ1v) is 5.78. The molecule has 0 spiro atoms. The summed E-state index contributed by atoms with van der Waals surface area (Å²) in [6.07, 6.45) is 2.75. The molecule has 3 N–H and O–H groups in total. The van der Waals surface area contributed by atoms with E-state index < -0.39 is 0 Å². The number of halogens is 1. The van der Waals surface area contributed by atoms with Crippen molar-refractivity contribution in [3.8, 4) is 0 Å². The topological polar surface area (TPSA) is 55.9 Å². The SMILES string of the molecule is Cn1ncc(Br)c1C(CC(C)(C)C)NN. The average Bonchev–Trinajstić information content (AvgIpc) is 2.41. The molecule has 15 heavy (non-hydrogen) atoms. The number of hydrogen-bond acceptors (Lipinski definition) is 3. The van der Waals surface area contributed by atoms with Crippen molar-refractivity contribution in [3.05, 3.63) is 16.4 Å². The Bertz CT molecular complexity index is 307. The van der Waals surface area contributed by atoms with Gasteiger partial charge in [0, 0.05) is 7.05 Å². The van der Waals surface area contributed by atoms with E-state index in [1.54, 1.807) is 6.20 Å². The Morgan fingerprint density at radius 1 is 1.60 bits per heavy atom. The summed E-state index contributed by atoms with van der Waals surface area (Å²) in [5, 5.41) is 4.19. The molecule has 0 aromatic carbocycles.